The lowest BCUT2D eigenvalue weighted by Crippen LogP contribution is -2.29. The van der Waals surface area contributed by atoms with Crippen LogP contribution in [0.15, 0.2) is 0 Å². The molecule has 0 unspecified atom stereocenters. The van der Waals surface area contributed by atoms with E-state index in [1.807, 2.05) is 0 Å². The maximum atomic E-state index is 11.7. The van der Waals surface area contributed by atoms with Crippen LogP contribution >= 0.6 is 0 Å². The highest BCUT2D eigenvalue weighted by Crippen LogP contribution is 2.20. The average Bonchev–Trinajstić information content (AvgIpc) is 1.81. The van der Waals surface area contributed by atoms with Crippen LogP contribution < -0.4 is 5.32 Å². The fourth-order valence-electron chi connectivity index (χ4n) is 0.974. The standard InChI is InChI=1S/C9H18F3N/c1-8(2,3)5-4-6-13-7-9(10,11)12/h13H,4-7H2,1-3H3. The number of halogens is 3. The highest BCUT2D eigenvalue weighted by Gasteiger charge is 2.25. The molecule has 13 heavy (non-hydrogen) atoms. The van der Waals surface area contributed by atoms with Crippen LogP contribution in [0.25, 0.3) is 0 Å². The van der Waals surface area contributed by atoms with Gasteiger partial charge in [-0.25, -0.2) is 0 Å². The van der Waals surface area contributed by atoms with Crippen LogP contribution in [0.5, 0.6) is 0 Å². The van der Waals surface area contributed by atoms with Crippen molar-refractivity contribution < 1.29 is 13.2 Å². The van der Waals surface area contributed by atoms with Crippen molar-refractivity contribution in [1.82, 2.24) is 5.32 Å². The molecular weight excluding hydrogens is 179 g/mol. The molecule has 0 rings (SSSR count). The van der Waals surface area contributed by atoms with Gasteiger partial charge in [0.25, 0.3) is 0 Å². The number of hydrogen-bond acceptors (Lipinski definition) is 1. The van der Waals surface area contributed by atoms with Gasteiger partial charge in [0.05, 0.1) is 6.54 Å². The van der Waals surface area contributed by atoms with Gasteiger partial charge in [-0.2, -0.15) is 13.2 Å². The minimum atomic E-state index is -4.08. The van der Waals surface area contributed by atoms with Crippen molar-refractivity contribution in [3.8, 4) is 0 Å². The fraction of sp³-hybridized carbons (Fsp3) is 1.00. The zero-order valence-corrected chi connectivity index (χ0v) is 8.46. The molecule has 0 heterocycles. The topological polar surface area (TPSA) is 12.0 Å². The van der Waals surface area contributed by atoms with Gasteiger partial charge in [-0.1, -0.05) is 20.8 Å². The van der Waals surface area contributed by atoms with E-state index < -0.39 is 12.7 Å². The molecule has 0 amide bonds. The normalized spacial score (nSPS) is 13.4. The van der Waals surface area contributed by atoms with Gasteiger partial charge >= 0.3 is 6.18 Å². The Morgan fingerprint density at radius 1 is 1.08 bits per heavy atom. The molecule has 0 aromatic rings. The van der Waals surface area contributed by atoms with Crippen molar-refractivity contribution in [1.29, 1.82) is 0 Å². The first-order valence-electron chi connectivity index (χ1n) is 4.48. The smallest absolute Gasteiger partial charge is 0.309 e. The summed E-state index contributed by atoms with van der Waals surface area (Å²) in [6, 6.07) is 0. The lowest BCUT2D eigenvalue weighted by molar-refractivity contribution is -0.124. The summed E-state index contributed by atoms with van der Waals surface area (Å²) < 4.78 is 35.0. The van der Waals surface area contributed by atoms with Crippen molar-refractivity contribution in [2.45, 2.75) is 39.8 Å². The van der Waals surface area contributed by atoms with Gasteiger partial charge in [-0.05, 0) is 24.8 Å². The van der Waals surface area contributed by atoms with Gasteiger partial charge in [-0.3, -0.25) is 0 Å². The monoisotopic (exact) mass is 197 g/mol. The molecule has 0 aliphatic heterocycles. The zero-order chi connectivity index (χ0) is 10.5. The predicted molar refractivity (Wildman–Crippen MR) is 47.6 cm³/mol. The largest absolute Gasteiger partial charge is 0.401 e. The lowest BCUT2D eigenvalue weighted by atomic mass is 9.91. The second-order valence-corrected chi connectivity index (χ2v) is 4.46. The van der Waals surface area contributed by atoms with Gasteiger partial charge in [0.2, 0.25) is 0 Å². The molecule has 4 heteroatoms. The third-order valence-electron chi connectivity index (χ3n) is 1.61. The molecule has 0 aliphatic rings. The minimum absolute atomic E-state index is 0.208. The molecule has 0 saturated carbocycles. The molecular formula is C9H18F3N. The Morgan fingerprint density at radius 3 is 2.00 bits per heavy atom. The van der Waals surface area contributed by atoms with Gasteiger partial charge in [0, 0.05) is 0 Å². The second kappa shape index (κ2) is 4.84. The molecule has 0 saturated heterocycles. The summed E-state index contributed by atoms with van der Waals surface area (Å²) in [5.41, 5.74) is 0.208. The van der Waals surface area contributed by atoms with E-state index in [-0.39, 0.29) is 5.41 Å². The highest BCUT2D eigenvalue weighted by molar-refractivity contribution is 4.63. The van der Waals surface area contributed by atoms with Gasteiger partial charge in [-0.15, -0.1) is 0 Å². The van der Waals surface area contributed by atoms with Crippen LogP contribution in [0.3, 0.4) is 0 Å². The van der Waals surface area contributed by atoms with Gasteiger partial charge in [0.1, 0.15) is 0 Å². The molecule has 0 aromatic heterocycles. The quantitative estimate of drug-likeness (QED) is 0.683. The van der Waals surface area contributed by atoms with Gasteiger partial charge in [0.15, 0.2) is 0 Å². The van der Waals surface area contributed by atoms with Crippen molar-refractivity contribution in [3.05, 3.63) is 0 Å². The number of hydrogen-bond donors (Lipinski definition) is 1. The van der Waals surface area contributed by atoms with E-state index in [9.17, 15) is 13.2 Å². The third-order valence-corrected chi connectivity index (χ3v) is 1.61. The zero-order valence-electron chi connectivity index (χ0n) is 8.46. The van der Waals surface area contributed by atoms with Gasteiger partial charge < -0.3 is 5.32 Å². The van der Waals surface area contributed by atoms with E-state index in [2.05, 4.69) is 26.1 Å². The van der Waals surface area contributed by atoms with E-state index in [0.29, 0.717) is 6.54 Å². The number of alkyl halides is 3. The first-order chi connectivity index (χ1) is 5.71. The third kappa shape index (κ3) is 11.8. The Labute approximate surface area is 77.7 Å². The molecule has 0 radical (unpaired) electrons. The maximum Gasteiger partial charge on any atom is 0.401 e. The summed E-state index contributed by atoms with van der Waals surface area (Å²) in [4.78, 5) is 0. The van der Waals surface area contributed by atoms with Crippen LogP contribution in [-0.4, -0.2) is 19.3 Å². The van der Waals surface area contributed by atoms with Crippen LogP contribution in [-0.2, 0) is 0 Å². The predicted octanol–water partition coefficient (Wildman–Crippen LogP) is 2.96. The second-order valence-electron chi connectivity index (χ2n) is 4.46. The van der Waals surface area contributed by atoms with Crippen LogP contribution in [0.4, 0.5) is 13.2 Å². The summed E-state index contributed by atoms with van der Waals surface area (Å²) in [6.07, 6.45) is -2.35. The van der Waals surface area contributed by atoms with E-state index in [4.69, 9.17) is 0 Å². The molecule has 0 aromatic carbocycles. The fourth-order valence-corrected chi connectivity index (χ4v) is 0.974. The SMILES string of the molecule is CC(C)(C)CCCNCC(F)(F)F. The Kier molecular flexibility index (Phi) is 4.75. The molecule has 1 N–H and O–H groups in total. The Balaban J connectivity index is 3.28. The summed E-state index contributed by atoms with van der Waals surface area (Å²) >= 11 is 0. The number of nitrogens with one attached hydrogen (secondary N) is 1. The first kappa shape index (κ1) is 12.8. The maximum absolute atomic E-state index is 11.7. The van der Waals surface area contributed by atoms with Crippen LogP contribution in [0.1, 0.15) is 33.6 Å². The molecule has 0 spiro atoms. The molecule has 0 aliphatic carbocycles. The Hall–Kier alpha value is -0.250. The van der Waals surface area contributed by atoms with Crippen molar-refractivity contribution in [3.63, 3.8) is 0 Å². The molecule has 0 atom stereocenters. The van der Waals surface area contributed by atoms with Crippen molar-refractivity contribution in [2.75, 3.05) is 13.1 Å². The average molecular weight is 197 g/mol. The first-order valence-corrected chi connectivity index (χ1v) is 4.48. The minimum Gasteiger partial charge on any atom is -0.309 e. The summed E-state index contributed by atoms with van der Waals surface area (Å²) in [7, 11) is 0. The molecule has 0 bridgehead atoms. The number of rotatable bonds is 4. The van der Waals surface area contributed by atoms with Crippen molar-refractivity contribution in [2.24, 2.45) is 5.41 Å². The molecule has 1 nitrogen and oxygen atoms in total. The van der Waals surface area contributed by atoms with Crippen LogP contribution in [0.2, 0.25) is 0 Å². The Bertz CT molecular complexity index is 119. The van der Waals surface area contributed by atoms with Crippen molar-refractivity contribution >= 4 is 0 Å². The summed E-state index contributed by atoms with van der Waals surface area (Å²) in [5.74, 6) is 0. The highest BCUT2D eigenvalue weighted by atomic mass is 19.4. The van der Waals surface area contributed by atoms with E-state index >= 15 is 0 Å². The Morgan fingerprint density at radius 2 is 1.62 bits per heavy atom. The van der Waals surface area contributed by atoms with Crippen LogP contribution in [0, 0.1) is 5.41 Å². The van der Waals surface area contributed by atoms with E-state index in [1.54, 1.807) is 0 Å². The summed E-state index contributed by atoms with van der Waals surface area (Å²) in [5, 5.41) is 2.37. The summed E-state index contributed by atoms with van der Waals surface area (Å²) in [6.45, 7) is 5.80. The van der Waals surface area contributed by atoms with E-state index in [1.165, 1.54) is 0 Å². The lowest BCUT2D eigenvalue weighted by Gasteiger charge is -2.17. The molecule has 80 valence electrons. The van der Waals surface area contributed by atoms with E-state index in [0.717, 1.165) is 12.8 Å². The molecule has 0 fully saturated rings.